The van der Waals surface area contributed by atoms with Crippen LogP contribution in [0.2, 0.25) is 0 Å². The second-order valence-electron chi connectivity index (χ2n) is 3.55. The van der Waals surface area contributed by atoms with E-state index in [9.17, 15) is 4.79 Å². The number of likely N-dealkylation sites (N-methyl/N-ethyl adjacent to an activating group) is 1. The normalized spacial score (nSPS) is 10.6. The van der Waals surface area contributed by atoms with Crippen molar-refractivity contribution >= 4 is 28.7 Å². The maximum absolute atomic E-state index is 10.7. The van der Waals surface area contributed by atoms with Crippen LogP contribution in [0.3, 0.4) is 0 Å². The topological polar surface area (TPSA) is 98.4 Å². The summed E-state index contributed by atoms with van der Waals surface area (Å²) in [6, 6.07) is 5.52. The van der Waals surface area contributed by atoms with Gasteiger partial charge in [0.05, 0.1) is 0 Å². The molecule has 1 aromatic heterocycles. The number of nitrogens with two attached hydrogens (primary N) is 2. The number of nitrogens with zero attached hydrogens (tertiary/aromatic N) is 2. The number of carbonyl (C=O) groups is 1. The predicted molar refractivity (Wildman–Crippen MR) is 60.9 cm³/mol. The number of primary amides is 1. The van der Waals surface area contributed by atoms with Crippen LogP contribution in [-0.4, -0.2) is 24.5 Å². The Morgan fingerprint density at radius 3 is 3.00 bits per heavy atom. The van der Waals surface area contributed by atoms with Gasteiger partial charge < -0.3 is 20.8 Å². The number of oxazole rings is 1. The minimum absolute atomic E-state index is 0.0578. The molecule has 0 bridgehead atoms. The van der Waals surface area contributed by atoms with Crippen LogP contribution >= 0.6 is 0 Å². The molecule has 0 saturated carbocycles. The SMILES string of the molecule is CN(CC(N)=O)c1nc2cc(N)ccc2o1. The molecule has 0 saturated heterocycles. The van der Waals surface area contributed by atoms with E-state index in [-0.39, 0.29) is 6.54 Å². The number of anilines is 2. The number of nitrogen functional groups attached to an aromatic ring is 1. The summed E-state index contributed by atoms with van der Waals surface area (Å²) >= 11 is 0. The van der Waals surface area contributed by atoms with E-state index in [4.69, 9.17) is 15.9 Å². The summed E-state index contributed by atoms with van der Waals surface area (Å²) in [7, 11) is 1.68. The Morgan fingerprint density at radius 1 is 1.56 bits per heavy atom. The molecule has 84 valence electrons. The fourth-order valence-corrected chi connectivity index (χ4v) is 1.40. The first-order valence-corrected chi connectivity index (χ1v) is 4.72. The van der Waals surface area contributed by atoms with Crippen molar-refractivity contribution in [2.75, 3.05) is 24.2 Å². The van der Waals surface area contributed by atoms with E-state index in [1.807, 2.05) is 0 Å². The van der Waals surface area contributed by atoms with Crippen LogP contribution in [0.15, 0.2) is 22.6 Å². The minimum atomic E-state index is -0.440. The number of hydrogen-bond donors (Lipinski definition) is 2. The highest BCUT2D eigenvalue weighted by atomic mass is 16.4. The lowest BCUT2D eigenvalue weighted by Gasteiger charge is -2.10. The lowest BCUT2D eigenvalue weighted by molar-refractivity contribution is -0.116. The number of benzene rings is 1. The molecule has 1 heterocycles. The van der Waals surface area contributed by atoms with E-state index in [1.54, 1.807) is 30.1 Å². The second kappa shape index (κ2) is 3.73. The van der Waals surface area contributed by atoms with Crippen molar-refractivity contribution in [3.63, 3.8) is 0 Å². The van der Waals surface area contributed by atoms with Gasteiger partial charge in [0.25, 0.3) is 6.01 Å². The highest BCUT2D eigenvalue weighted by Gasteiger charge is 2.11. The Hall–Kier alpha value is -2.24. The molecule has 6 nitrogen and oxygen atoms in total. The molecule has 2 aromatic rings. The molecule has 4 N–H and O–H groups in total. The van der Waals surface area contributed by atoms with Gasteiger partial charge in [-0.25, -0.2) is 0 Å². The van der Waals surface area contributed by atoms with Crippen molar-refractivity contribution in [2.45, 2.75) is 0 Å². The number of fused-ring (bicyclic) bond motifs is 1. The van der Waals surface area contributed by atoms with Gasteiger partial charge in [0, 0.05) is 12.7 Å². The summed E-state index contributed by atoms with van der Waals surface area (Å²) < 4.78 is 5.44. The van der Waals surface area contributed by atoms with Crippen molar-refractivity contribution in [2.24, 2.45) is 5.73 Å². The summed E-state index contributed by atoms with van der Waals surface area (Å²) in [5, 5.41) is 0. The summed E-state index contributed by atoms with van der Waals surface area (Å²) in [5.41, 5.74) is 12.6. The monoisotopic (exact) mass is 220 g/mol. The molecular formula is C10H12N4O2. The van der Waals surface area contributed by atoms with Crippen LogP contribution in [-0.2, 0) is 4.79 Å². The molecule has 0 aliphatic heterocycles. The minimum Gasteiger partial charge on any atom is -0.423 e. The molecule has 6 heteroatoms. The zero-order valence-corrected chi connectivity index (χ0v) is 8.80. The maximum Gasteiger partial charge on any atom is 0.298 e. The van der Waals surface area contributed by atoms with Crippen LogP contribution < -0.4 is 16.4 Å². The molecule has 0 radical (unpaired) electrons. The fourth-order valence-electron chi connectivity index (χ4n) is 1.40. The van der Waals surface area contributed by atoms with Gasteiger partial charge >= 0.3 is 0 Å². The van der Waals surface area contributed by atoms with E-state index in [0.29, 0.717) is 22.8 Å². The first-order valence-electron chi connectivity index (χ1n) is 4.72. The Bertz CT molecular complexity index is 535. The molecule has 1 amide bonds. The lowest BCUT2D eigenvalue weighted by atomic mass is 10.3. The van der Waals surface area contributed by atoms with E-state index >= 15 is 0 Å². The van der Waals surface area contributed by atoms with Gasteiger partial charge in [-0.15, -0.1) is 0 Å². The van der Waals surface area contributed by atoms with Crippen LogP contribution in [0.4, 0.5) is 11.7 Å². The van der Waals surface area contributed by atoms with Gasteiger partial charge in [-0.05, 0) is 18.2 Å². The van der Waals surface area contributed by atoms with Crippen LogP contribution in [0, 0.1) is 0 Å². The van der Waals surface area contributed by atoms with E-state index < -0.39 is 5.91 Å². The Labute approximate surface area is 91.8 Å². The Kier molecular flexibility index (Phi) is 2.40. The number of amides is 1. The van der Waals surface area contributed by atoms with Crippen LogP contribution in [0.5, 0.6) is 0 Å². The standard InChI is InChI=1S/C10H12N4O2/c1-14(5-9(12)15)10-13-7-4-6(11)2-3-8(7)16-10/h2-4H,5,11H2,1H3,(H2,12,15). The number of hydrogen-bond acceptors (Lipinski definition) is 5. The Morgan fingerprint density at radius 2 is 2.31 bits per heavy atom. The van der Waals surface area contributed by atoms with Gasteiger partial charge in [-0.1, -0.05) is 0 Å². The van der Waals surface area contributed by atoms with Crippen molar-refractivity contribution < 1.29 is 9.21 Å². The number of rotatable bonds is 3. The van der Waals surface area contributed by atoms with E-state index in [2.05, 4.69) is 4.98 Å². The van der Waals surface area contributed by atoms with Crippen molar-refractivity contribution in [1.82, 2.24) is 4.98 Å². The van der Waals surface area contributed by atoms with Gasteiger partial charge in [-0.2, -0.15) is 4.98 Å². The summed E-state index contributed by atoms with van der Waals surface area (Å²) in [5.74, 6) is -0.440. The van der Waals surface area contributed by atoms with Gasteiger partial charge in [0.2, 0.25) is 5.91 Å². The first-order chi connectivity index (χ1) is 7.56. The molecule has 0 aliphatic carbocycles. The molecule has 0 spiro atoms. The zero-order valence-electron chi connectivity index (χ0n) is 8.80. The van der Waals surface area contributed by atoms with Crippen molar-refractivity contribution in [3.8, 4) is 0 Å². The van der Waals surface area contributed by atoms with Crippen LogP contribution in [0.25, 0.3) is 11.1 Å². The molecule has 1 aromatic carbocycles. The zero-order chi connectivity index (χ0) is 11.7. The third kappa shape index (κ3) is 1.90. The van der Waals surface area contributed by atoms with E-state index in [1.165, 1.54) is 0 Å². The van der Waals surface area contributed by atoms with Gasteiger partial charge in [0.1, 0.15) is 12.1 Å². The number of aromatic nitrogens is 1. The summed E-state index contributed by atoms with van der Waals surface area (Å²) in [6.07, 6.45) is 0. The summed E-state index contributed by atoms with van der Waals surface area (Å²) in [4.78, 5) is 16.5. The van der Waals surface area contributed by atoms with Gasteiger partial charge in [-0.3, -0.25) is 4.79 Å². The van der Waals surface area contributed by atoms with Crippen LogP contribution in [0.1, 0.15) is 0 Å². The molecule has 0 unspecified atom stereocenters. The first kappa shape index (κ1) is 10.3. The molecule has 0 fully saturated rings. The third-order valence-corrected chi connectivity index (χ3v) is 2.12. The average molecular weight is 220 g/mol. The fraction of sp³-hybridized carbons (Fsp3) is 0.200. The smallest absolute Gasteiger partial charge is 0.298 e. The highest BCUT2D eigenvalue weighted by molar-refractivity contribution is 5.81. The molecule has 0 atom stereocenters. The Balaban J connectivity index is 2.35. The largest absolute Gasteiger partial charge is 0.423 e. The van der Waals surface area contributed by atoms with E-state index in [0.717, 1.165) is 0 Å². The molecule has 16 heavy (non-hydrogen) atoms. The second-order valence-corrected chi connectivity index (χ2v) is 3.55. The van der Waals surface area contributed by atoms with Crippen molar-refractivity contribution in [1.29, 1.82) is 0 Å². The molecule has 0 aliphatic rings. The maximum atomic E-state index is 10.7. The lowest BCUT2D eigenvalue weighted by Crippen LogP contribution is -2.30. The van der Waals surface area contributed by atoms with Gasteiger partial charge in [0.15, 0.2) is 5.58 Å². The predicted octanol–water partition coefficient (Wildman–Crippen LogP) is 0.331. The van der Waals surface area contributed by atoms with Crippen molar-refractivity contribution in [3.05, 3.63) is 18.2 Å². The molecular weight excluding hydrogens is 208 g/mol. The highest BCUT2D eigenvalue weighted by Crippen LogP contribution is 2.22. The quantitative estimate of drug-likeness (QED) is 0.726. The number of carbonyl (C=O) groups excluding carboxylic acids is 1. The third-order valence-electron chi connectivity index (χ3n) is 2.12. The average Bonchev–Trinajstić information content (AvgIpc) is 2.59. The molecule has 2 rings (SSSR count). The summed E-state index contributed by atoms with van der Waals surface area (Å²) in [6.45, 7) is 0.0578.